The smallest absolute Gasteiger partial charge is 0.326 e. The number of carboxylic acids is 2. The fourth-order valence-corrected chi connectivity index (χ4v) is 2.51. The molecular formula is C13H18N2O5S. The van der Waals surface area contributed by atoms with Crippen molar-refractivity contribution in [2.75, 3.05) is 0 Å². The minimum absolute atomic E-state index is 0.156. The maximum absolute atomic E-state index is 11.6. The summed E-state index contributed by atoms with van der Waals surface area (Å²) in [5.41, 5.74) is 0. The lowest BCUT2D eigenvalue weighted by Gasteiger charge is -2.13. The van der Waals surface area contributed by atoms with Crippen LogP contribution in [0.3, 0.4) is 0 Å². The molecule has 0 saturated carbocycles. The van der Waals surface area contributed by atoms with Crippen LogP contribution in [0.1, 0.15) is 29.5 Å². The Morgan fingerprint density at radius 2 is 1.90 bits per heavy atom. The summed E-state index contributed by atoms with van der Waals surface area (Å²) in [7, 11) is 0. The summed E-state index contributed by atoms with van der Waals surface area (Å²) >= 11 is 1.58. The topological polar surface area (TPSA) is 116 Å². The molecule has 0 aliphatic heterocycles. The highest BCUT2D eigenvalue weighted by molar-refractivity contribution is 7.11. The fraction of sp³-hybridized carbons (Fsp3) is 0.462. The van der Waals surface area contributed by atoms with E-state index < -0.39 is 24.0 Å². The molecule has 1 aromatic heterocycles. The van der Waals surface area contributed by atoms with E-state index in [1.165, 1.54) is 4.88 Å². The number of aryl methyl sites for hydroxylation is 1. The lowest BCUT2D eigenvalue weighted by Crippen LogP contribution is -2.45. The molecule has 2 amide bonds. The summed E-state index contributed by atoms with van der Waals surface area (Å²) in [5.74, 6) is -2.36. The molecule has 0 saturated heterocycles. The van der Waals surface area contributed by atoms with Crippen LogP contribution in [0.2, 0.25) is 0 Å². The van der Waals surface area contributed by atoms with Crippen molar-refractivity contribution < 1.29 is 24.6 Å². The Hall–Kier alpha value is -2.09. The molecule has 7 nitrogen and oxygen atoms in total. The molecule has 1 atom stereocenters. The lowest BCUT2D eigenvalue weighted by atomic mass is 10.1. The molecule has 0 bridgehead atoms. The lowest BCUT2D eigenvalue weighted by molar-refractivity contribution is -0.140. The largest absolute Gasteiger partial charge is 0.481 e. The number of rotatable bonds is 8. The minimum Gasteiger partial charge on any atom is -0.481 e. The van der Waals surface area contributed by atoms with Gasteiger partial charge in [-0.05, 0) is 25.0 Å². The zero-order valence-electron chi connectivity index (χ0n) is 11.6. The van der Waals surface area contributed by atoms with Gasteiger partial charge < -0.3 is 20.8 Å². The van der Waals surface area contributed by atoms with Crippen molar-refractivity contribution in [1.29, 1.82) is 0 Å². The molecule has 1 unspecified atom stereocenters. The molecule has 0 aromatic carbocycles. The summed E-state index contributed by atoms with van der Waals surface area (Å²) in [4.78, 5) is 35.2. The maximum atomic E-state index is 11.6. The van der Waals surface area contributed by atoms with Gasteiger partial charge in [0.25, 0.3) is 0 Å². The van der Waals surface area contributed by atoms with Crippen molar-refractivity contribution in [3.05, 3.63) is 21.9 Å². The second-order valence-electron chi connectivity index (χ2n) is 4.37. The predicted octanol–water partition coefficient (Wildman–Crippen LogP) is 1.43. The maximum Gasteiger partial charge on any atom is 0.326 e. The van der Waals surface area contributed by atoms with Crippen molar-refractivity contribution >= 4 is 29.3 Å². The minimum atomic E-state index is -1.25. The molecule has 8 heteroatoms. The molecule has 0 aliphatic carbocycles. The van der Waals surface area contributed by atoms with E-state index in [9.17, 15) is 14.4 Å². The highest BCUT2D eigenvalue weighted by Crippen LogP contribution is 2.16. The van der Waals surface area contributed by atoms with Gasteiger partial charge in [-0.1, -0.05) is 6.92 Å². The van der Waals surface area contributed by atoms with E-state index in [0.29, 0.717) is 6.54 Å². The first-order valence-electron chi connectivity index (χ1n) is 6.49. The van der Waals surface area contributed by atoms with Gasteiger partial charge in [-0.15, -0.1) is 11.3 Å². The van der Waals surface area contributed by atoms with Gasteiger partial charge in [-0.3, -0.25) is 4.79 Å². The Bertz CT molecular complexity index is 514. The van der Waals surface area contributed by atoms with E-state index in [1.54, 1.807) is 11.3 Å². The van der Waals surface area contributed by atoms with Crippen LogP contribution in [0, 0.1) is 0 Å². The molecule has 116 valence electrons. The molecule has 21 heavy (non-hydrogen) atoms. The molecule has 0 aliphatic rings. The standard InChI is InChI=1S/C13H18N2O5S/c1-2-8-3-4-9(21-8)7-14-13(20)15-10(12(18)19)5-6-11(16)17/h3-4,10H,2,5-7H2,1H3,(H,16,17)(H,18,19)(H2,14,15,20). The van der Waals surface area contributed by atoms with E-state index >= 15 is 0 Å². The van der Waals surface area contributed by atoms with Crippen LogP contribution in [0.5, 0.6) is 0 Å². The second-order valence-corrected chi connectivity index (χ2v) is 5.62. The summed E-state index contributed by atoms with van der Waals surface area (Å²) in [6.07, 6.45) is 0.451. The third-order valence-electron chi connectivity index (χ3n) is 2.74. The SMILES string of the molecule is CCc1ccc(CNC(=O)NC(CCC(=O)O)C(=O)O)s1. The Labute approximate surface area is 126 Å². The molecule has 1 rings (SSSR count). The van der Waals surface area contributed by atoms with Gasteiger partial charge in [0.1, 0.15) is 6.04 Å². The summed E-state index contributed by atoms with van der Waals surface area (Å²) < 4.78 is 0. The number of nitrogens with one attached hydrogen (secondary N) is 2. The predicted molar refractivity (Wildman–Crippen MR) is 77.4 cm³/mol. The van der Waals surface area contributed by atoms with Crippen molar-refractivity contribution in [3.8, 4) is 0 Å². The Morgan fingerprint density at radius 3 is 2.43 bits per heavy atom. The van der Waals surface area contributed by atoms with Gasteiger partial charge >= 0.3 is 18.0 Å². The van der Waals surface area contributed by atoms with Crippen LogP contribution in [0.4, 0.5) is 4.79 Å². The van der Waals surface area contributed by atoms with Crippen LogP contribution in [0.25, 0.3) is 0 Å². The number of carbonyl (C=O) groups is 3. The Balaban J connectivity index is 2.42. The van der Waals surface area contributed by atoms with E-state index in [2.05, 4.69) is 10.6 Å². The fourth-order valence-electron chi connectivity index (χ4n) is 1.61. The van der Waals surface area contributed by atoms with Gasteiger partial charge in [0.05, 0.1) is 6.54 Å². The molecule has 0 radical (unpaired) electrons. The van der Waals surface area contributed by atoms with E-state index in [-0.39, 0.29) is 12.8 Å². The summed E-state index contributed by atoms with van der Waals surface area (Å²) in [6, 6.07) is 2.05. The van der Waals surface area contributed by atoms with Gasteiger partial charge in [0.15, 0.2) is 0 Å². The van der Waals surface area contributed by atoms with Crippen LogP contribution in [-0.2, 0) is 22.6 Å². The third kappa shape index (κ3) is 6.26. The van der Waals surface area contributed by atoms with Gasteiger partial charge in [0.2, 0.25) is 0 Å². The molecular weight excluding hydrogens is 296 g/mol. The van der Waals surface area contributed by atoms with E-state index in [4.69, 9.17) is 10.2 Å². The highest BCUT2D eigenvalue weighted by Gasteiger charge is 2.20. The Kier molecular flexibility index (Phi) is 6.67. The molecule has 4 N–H and O–H groups in total. The number of urea groups is 1. The molecule has 0 spiro atoms. The van der Waals surface area contributed by atoms with Crippen molar-refractivity contribution in [1.82, 2.24) is 10.6 Å². The van der Waals surface area contributed by atoms with E-state index in [0.717, 1.165) is 11.3 Å². The number of hydrogen-bond donors (Lipinski definition) is 4. The van der Waals surface area contributed by atoms with Crippen molar-refractivity contribution in [2.45, 2.75) is 38.8 Å². The second kappa shape index (κ2) is 8.25. The van der Waals surface area contributed by atoms with Crippen LogP contribution in [0.15, 0.2) is 12.1 Å². The first-order chi connectivity index (χ1) is 9.92. The van der Waals surface area contributed by atoms with Crippen molar-refractivity contribution in [2.24, 2.45) is 0 Å². The number of carboxylic acid groups (broad SMARTS) is 2. The number of carbonyl (C=O) groups excluding carboxylic acids is 1. The number of aliphatic carboxylic acids is 2. The van der Waals surface area contributed by atoms with Crippen molar-refractivity contribution in [3.63, 3.8) is 0 Å². The van der Waals surface area contributed by atoms with Crippen LogP contribution in [-0.4, -0.2) is 34.2 Å². The average molecular weight is 314 g/mol. The van der Waals surface area contributed by atoms with Gasteiger partial charge in [-0.25, -0.2) is 9.59 Å². The monoisotopic (exact) mass is 314 g/mol. The van der Waals surface area contributed by atoms with Gasteiger partial charge in [0, 0.05) is 16.2 Å². The number of amides is 2. The first-order valence-corrected chi connectivity index (χ1v) is 7.30. The third-order valence-corrected chi connectivity index (χ3v) is 3.97. The van der Waals surface area contributed by atoms with E-state index in [1.807, 2.05) is 19.1 Å². The Morgan fingerprint density at radius 1 is 1.24 bits per heavy atom. The normalized spacial score (nSPS) is 11.7. The average Bonchev–Trinajstić information content (AvgIpc) is 2.88. The molecule has 0 fully saturated rings. The number of hydrogen-bond acceptors (Lipinski definition) is 4. The van der Waals surface area contributed by atoms with Crippen LogP contribution >= 0.6 is 11.3 Å². The quantitative estimate of drug-likeness (QED) is 0.579. The zero-order valence-corrected chi connectivity index (χ0v) is 12.4. The zero-order chi connectivity index (χ0) is 15.8. The van der Waals surface area contributed by atoms with Gasteiger partial charge in [-0.2, -0.15) is 0 Å². The van der Waals surface area contributed by atoms with Crippen LogP contribution < -0.4 is 10.6 Å². The first kappa shape index (κ1) is 17.0. The summed E-state index contributed by atoms with van der Waals surface area (Å²) in [5, 5.41) is 22.3. The summed E-state index contributed by atoms with van der Waals surface area (Å²) in [6.45, 7) is 2.34. The molecule has 1 aromatic rings. The molecule has 1 heterocycles. The highest BCUT2D eigenvalue weighted by atomic mass is 32.1. The number of thiophene rings is 1.